The average molecular weight is 282 g/mol. The fraction of sp³-hybridized carbons (Fsp3) is 0.500. The molecule has 1 amide bonds. The highest BCUT2D eigenvalue weighted by Gasteiger charge is 2.26. The zero-order valence-corrected chi connectivity index (χ0v) is 10.6. The van der Waals surface area contributed by atoms with Crippen LogP contribution in [0.5, 0.6) is 0 Å². The van der Waals surface area contributed by atoms with Gasteiger partial charge in [-0.1, -0.05) is 11.6 Å². The Kier molecular flexibility index (Phi) is 5.24. The van der Waals surface area contributed by atoms with Crippen LogP contribution in [0, 0.1) is 0 Å². The van der Waals surface area contributed by atoms with Crippen LogP contribution < -0.4 is 10.6 Å². The van der Waals surface area contributed by atoms with E-state index in [2.05, 4.69) is 15.6 Å². The molecule has 1 aromatic rings. The lowest BCUT2D eigenvalue weighted by atomic mass is 10.0. The predicted molar refractivity (Wildman–Crippen MR) is 66.7 cm³/mol. The summed E-state index contributed by atoms with van der Waals surface area (Å²) in [6.45, 7) is 1.01. The van der Waals surface area contributed by atoms with Gasteiger partial charge in [0.1, 0.15) is 11.9 Å². The summed E-state index contributed by atoms with van der Waals surface area (Å²) in [5.74, 6) is -0.318. The molecule has 4 nitrogen and oxygen atoms in total. The number of H-pyrrole nitrogens is 1. The Balaban J connectivity index is 0.00000144. The molecule has 0 saturated carbocycles. The molecule has 1 aromatic heterocycles. The summed E-state index contributed by atoms with van der Waals surface area (Å²) in [7, 11) is 0. The molecule has 3 N–H and O–H groups in total. The monoisotopic (exact) mass is 281 g/mol. The van der Waals surface area contributed by atoms with Gasteiger partial charge in [-0.25, -0.2) is 4.39 Å². The Bertz CT molecular complexity index is 385. The van der Waals surface area contributed by atoms with Crippen molar-refractivity contribution in [1.82, 2.24) is 15.6 Å². The average Bonchev–Trinajstić information content (AvgIpc) is 2.68. The molecule has 0 bridgehead atoms. The second-order valence-corrected chi connectivity index (χ2v) is 4.26. The maximum absolute atomic E-state index is 13.4. The van der Waals surface area contributed by atoms with Crippen LogP contribution in [0.1, 0.15) is 16.9 Å². The zero-order chi connectivity index (χ0) is 11.5. The van der Waals surface area contributed by atoms with E-state index >= 15 is 0 Å². The van der Waals surface area contributed by atoms with Gasteiger partial charge in [-0.05, 0) is 19.0 Å². The van der Waals surface area contributed by atoms with E-state index in [1.165, 1.54) is 12.3 Å². The summed E-state index contributed by atoms with van der Waals surface area (Å²) in [6.07, 6.45) is 1.08. The van der Waals surface area contributed by atoms with Crippen molar-refractivity contribution in [2.75, 3.05) is 13.1 Å². The van der Waals surface area contributed by atoms with E-state index in [1.54, 1.807) is 0 Å². The highest BCUT2D eigenvalue weighted by atomic mass is 35.5. The van der Waals surface area contributed by atoms with E-state index < -0.39 is 12.2 Å². The highest BCUT2D eigenvalue weighted by Crippen LogP contribution is 2.11. The van der Waals surface area contributed by atoms with Crippen molar-refractivity contribution < 1.29 is 9.18 Å². The molecule has 0 unspecified atom stereocenters. The van der Waals surface area contributed by atoms with Gasteiger partial charge in [0.2, 0.25) is 0 Å². The van der Waals surface area contributed by atoms with Gasteiger partial charge in [0.05, 0.1) is 11.1 Å². The zero-order valence-electron chi connectivity index (χ0n) is 9.00. The van der Waals surface area contributed by atoms with Crippen LogP contribution in [-0.4, -0.2) is 36.2 Å². The number of halogens is 3. The van der Waals surface area contributed by atoms with Crippen molar-refractivity contribution in [3.8, 4) is 0 Å². The van der Waals surface area contributed by atoms with Crippen LogP contribution in [0.4, 0.5) is 4.39 Å². The molecule has 0 spiro atoms. The fourth-order valence-electron chi connectivity index (χ4n) is 1.73. The predicted octanol–water partition coefficient (Wildman–Crippen LogP) is 1.52. The van der Waals surface area contributed by atoms with E-state index in [4.69, 9.17) is 11.6 Å². The van der Waals surface area contributed by atoms with Crippen molar-refractivity contribution >= 4 is 29.9 Å². The lowest BCUT2D eigenvalue weighted by molar-refractivity contribution is 0.0888. The number of nitrogens with one attached hydrogen (secondary N) is 3. The van der Waals surface area contributed by atoms with E-state index in [-0.39, 0.29) is 24.9 Å². The second kappa shape index (κ2) is 6.23. The van der Waals surface area contributed by atoms with Gasteiger partial charge in [-0.3, -0.25) is 4.79 Å². The third kappa shape index (κ3) is 3.59. The van der Waals surface area contributed by atoms with Gasteiger partial charge < -0.3 is 15.6 Å². The number of rotatable bonds is 2. The molecule has 2 rings (SSSR count). The van der Waals surface area contributed by atoms with Gasteiger partial charge in [0.25, 0.3) is 5.91 Å². The first-order chi connectivity index (χ1) is 7.66. The number of hydrogen-bond acceptors (Lipinski definition) is 2. The summed E-state index contributed by atoms with van der Waals surface area (Å²) >= 11 is 5.68. The molecule has 1 fully saturated rings. The van der Waals surface area contributed by atoms with E-state index in [1.807, 2.05) is 0 Å². The van der Waals surface area contributed by atoms with Crippen molar-refractivity contribution in [1.29, 1.82) is 0 Å². The molecule has 2 heterocycles. The van der Waals surface area contributed by atoms with Crippen LogP contribution in [0.2, 0.25) is 5.02 Å². The molecule has 7 heteroatoms. The largest absolute Gasteiger partial charge is 0.356 e. The minimum Gasteiger partial charge on any atom is -0.356 e. The van der Waals surface area contributed by atoms with Gasteiger partial charge in [-0.2, -0.15) is 0 Å². The van der Waals surface area contributed by atoms with E-state index in [9.17, 15) is 9.18 Å². The fourth-order valence-corrected chi connectivity index (χ4v) is 1.89. The van der Waals surface area contributed by atoms with E-state index in [0.29, 0.717) is 17.1 Å². The van der Waals surface area contributed by atoms with Gasteiger partial charge in [0.15, 0.2) is 0 Å². The number of aromatic amines is 1. The number of carbonyl (C=O) groups excluding carboxylic acids is 1. The van der Waals surface area contributed by atoms with Crippen LogP contribution in [0.3, 0.4) is 0 Å². The number of amides is 1. The second-order valence-electron chi connectivity index (χ2n) is 3.82. The van der Waals surface area contributed by atoms with Gasteiger partial charge in [0, 0.05) is 12.7 Å². The first-order valence-electron chi connectivity index (χ1n) is 5.16. The molecule has 1 saturated heterocycles. The van der Waals surface area contributed by atoms with Crippen LogP contribution in [-0.2, 0) is 0 Å². The first kappa shape index (κ1) is 14.3. The molecule has 1 aliphatic rings. The molecule has 17 heavy (non-hydrogen) atoms. The number of alkyl halides is 1. The van der Waals surface area contributed by atoms with Crippen LogP contribution in [0.25, 0.3) is 0 Å². The van der Waals surface area contributed by atoms with Crippen LogP contribution >= 0.6 is 24.0 Å². The molecule has 0 aromatic carbocycles. The Morgan fingerprint density at radius 3 is 2.94 bits per heavy atom. The molecular weight excluding hydrogens is 268 g/mol. The Morgan fingerprint density at radius 2 is 2.35 bits per heavy atom. The number of carbonyl (C=O) groups is 1. The Hall–Kier alpha value is -0.780. The van der Waals surface area contributed by atoms with Crippen molar-refractivity contribution in [3.63, 3.8) is 0 Å². The summed E-state index contributed by atoms with van der Waals surface area (Å²) in [6, 6.07) is 1.10. The third-order valence-electron chi connectivity index (χ3n) is 2.62. The topological polar surface area (TPSA) is 56.9 Å². The number of piperidine rings is 1. The molecule has 2 atom stereocenters. The van der Waals surface area contributed by atoms with Gasteiger partial charge >= 0.3 is 0 Å². The lowest BCUT2D eigenvalue weighted by Crippen LogP contribution is -2.50. The molecule has 1 aliphatic heterocycles. The number of aromatic nitrogens is 1. The molecular formula is C10H14Cl2FN3O. The molecule has 0 radical (unpaired) electrons. The van der Waals surface area contributed by atoms with E-state index in [0.717, 1.165) is 6.54 Å². The minimum atomic E-state index is -1.04. The molecule has 96 valence electrons. The minimum absolute atomic E-state index is 0. The number of hydrogen-bond donors (Lipinski definition) is 3. The standard InChI is InChI=1S/C10H13ClFN3O.ClH/c11-6-3-9(14-4-6)10(16)15-8-1-2-13-5-7(8)12;/h3-4,7-8,13-14H,1-2,5H2,(H,15,16);1H/t7-,8+;/m0./s1. The van der Waals surface area contributed by atoms with Crippen LogP contribution in [0.15, 0.2) is 12.3 Å². The first-order valence-corrected chi connectivity index (χ1v) is 5.54. The summed E-state index contributed by atoms with van der Waals surface area (Å²) < 4.78 is 13.4. The van der Waals surface area contributed by atoms with Crippen molar-refractivity contribution in [3.05, 3.63) is 23.0 Å². The summed E-state index contributed by atoms with van der Waals surface area (Å²) in [5, 5.41) is 6.05. The Labute approximate surface area is 110 Å². The highest BCUT2D eigenvalue weighted by molar-refractivity contribution is 6.30. The van der Waals surface area contributed by atoms with Crippen molar-refractivity contribution in [2.45, 2.75) is 18.6 Å². The summed E-state index contributed by atoms with van der Waals surface area (Å²) in [5.41, 5.74) is 0.357. The lowest BCUT2D eigenvalue weighted by Gasteiger charge is -2.27. The third-order valence-corrected chi connectivity index (χ3v) is 2.84. The quantitative estimate of drug-likeness (QED) is 0.770. The maximum Gasteiger partial charge on any atom is 0.268 e. The summed E-state index contributed by atoms with van der Waals surface area (Å²) in [4.78, 5) is 14.4. The smallest absolute Gasteiger partial charge is 0.268 e. The van der Waals surface area contributed by atoms with Gasteiger partial charge in [-0.15, -0.1) is 12.4 Å². The van der Waals surface area contributed by atoms with Crippen molar-refractivity contribution in [2.24, 2.45) is 0 Å². The Morgan fingerprint density at radius 1 is 1.59 bits per heavy atom. The maximum atomic E-state index is 13.4. The SMILES string of the molecule is Cl.O=C(N[C@@H]1CCNC[C@@H]1F)c1cc(Cl)c[nH]1. The normalized spacial score (nSPS) is 23.9. The molecule has 0 aliphatic carbocycles.